The van der Waals surface area contributed by atoms with Crippen LogP contribution in [0.4, 0.5) is 0 Å². The van der Waals surface area contributed by atoms with E-state index in [-0.39, 0.29) is 18.7 Å². The maximum atomic E-state index is 12.5. The zero-order valence-corrected chi connectivity index (χ0v) is 16.7. The van der Waals surface area contributed by atoms with Crippen LogP contribution in [-0.2, 0) is 22.7 Å². The van der Waals surface area contributed by atoms with Crippen LogP contribution in [0.15, 0.2) is 34.2 Å². The molecule has 0 bridgehead atoms. The van der Waals surface area contributed by atoms with Crippen molar-refractivity contribution in [2.75, 3.05) is 21.3 Å². The number of methoxy groups -OCH3 is 3. The highest BCUT2D eigenvalue weighted by molar-refractivity contribution is 5.83. The van der Waals surface area contributed by atoms with Crippen LogP contribution in [0.2, 0.25) is 0 Å². The van der Waals surface area contributed by atoms with Gasteiger partial charge in [0, 0.05) is 18.4 Å². The number of ether oxygens (including phenoxy) is 3. The molecule has 1 aromatic carbocycles. The molecule has 2 rings (SSSR count). The lowest BCUT2D eigenvalue weighted by atomic mass is 10.1. The topological polar surface area (TPSA) is 115 Å². The maximum absolute atomic E-state index is 12.5. The summed E-state index contributed by atoms with van der Waals surface area (Å²) in [4.78, 5) is 24.7. The first-order valence-electron chi connectivity index (χ1n) is 8.61. The van der Waals surface area contributed by atoms with Gasteiger partial charge in [-0.05, 0) is 36.8 Å². The fourth-order valence-corrected chi connectivity index (χ4v) is 2.71. The van der Waals surface area contributed by atoms with Gasteiger partial charge in [0.25, 0.3) is 11.5 Å². The predicted octanol–water partition coefficient (Wildman–Crippen LogP) is 1.34. The molecule has 1 heterocycles. The van der Waals surface area contributed by atoms with Gasteiger partial charge in [0.2, 0.25) is 0 Å². The molecule has 0 fully saturated rings. The molecule has 0 aliphatic rings. The van der Waals surface area contributed by atoms with Crippen molar-refractivity contribution in [3.8, 4) is 17.6 Å². The zero-order chi connectivity index (χ0) is 21.4. The smallest absolute Gasteiger partial charge is 0.269 e. The summed E-state index contributed by atoms with van der Waals surface area (Å²) in [5, 5.41) is 13.2. The molecule has 9 nitrogen and oxygen atoms in total. The summed E-state index contributed by atoms with van der Waals surface area (Å²) in [5.41, 5.74) is 3.50. The highest BCUT2D eigenvalue weighted by Crippen LogP contribution is 2.26. The van der Waals surface area contributed by atoms with Crippen LogP contribution in [0, 0.1) is 18.3 Å². The van der Waals surface area contributed by atoms with E-state index in [1.54, 1.807) is 31.2 Å². The number of carbonyl (C=O) groups excluding carboxylic acids is 1. The average molecular weight is 398 g/mol. The minimum Gasteiger partial charge on any atom is -0.493 e. The van der Waals surface area contributed by atoms with E-state index < -0.39 is 11.5 Å². The lowest BCUT2D eigenvalue weighted by Gasteiger charge is -2.12. The van der Waals surface area contributed by atoms with E-state index >= 15 is 0 Å². The fraction of sp³-hybridized carbons (Fsp3) is 0.300. The summed E-state index contributed by atoms with van der Waals surface area (Å²) in [6.45, 7) is 1.55. The number of amides is 1. The Hall–Kier alpha value is -3.64. The summed E-state index contributed by atoms with van der Waals surface area (Å²) in [6.07, 6.45) is 1.44. The highest BCUT2D eigenvalue weighted by atomic mass is 16.5. The van der Waals surface area contributed by atoms with E-state index in [2.05, 4.69) is 10.5 Å². The van der Waals surface area contributed by atoms with Gasteiger partial charge in [-0.2, -0.15) is 10.4 Å². The number of hydrogen-bond acceptors (Lipinski definition) is 7. The van der Waals surface area contributed by atoms with Gasteiger partial charge in [0.1, 0.15) is 18.2 Å². The van der Waals surface area contributed by atoms with Gasteiger partial charge in [-0.25, -0.2) is 5.43 Å². The van der Waals surface area contributed by atoms with Crippen molar-refractivity contribution in [3.63, 3.8) is 0 Å². The Morgan fingerprint density at radius 2 is 1.97 bits per heavy atom. The highest BCUT2D eigenvalue weighted by Gasteiger charge is 2.14. The largest absolute Gasteiger partial charge is 0.493 e. The van der Waals surface area contributed by atoms with Crippen molar-refractivity contribution in [1.82, 2.24) is 9.99 Å². The molecule has 1 aromatic heterocycles. The lowest BCUT2D eigenvalue weighted by molar-refractivity contribution is -0.121. The number of rotatable bonds is 8. The first-order chi connectivity index (χ1) is 13.9. The van der Waals surface area contributed by atoms with E-state index in [1.165, 1.54) is 32.1 Å². The Morgan fingerprint density at radius 1 is 1.24 bits per heavy atom. The SMILES string of the molecule is COCc1cc(C)n(CC(=O)NN=Cc2ccc(OC)c(OC)c2)c(=O)c1C#N. The second-order valence-corrected chi connectivity index (χ2v) is 6.03. The summed E-state index contributed by atoms with van der Waals surface area (Å²) in [7, 11) is 4.54. The molecule has 0 radical (unpaired) electrons. The number of hydrogen-bond donors (Lipinski definition) is 1. The van der Waals surface area contributed by atoms with Crippen LogP contribution in [-0.4, -0.2) is 38.0 Å². The molecule has 29 heavy (non-hydrogen) atoms. The first kappa shape index (κ1) is 21.7. The molecule has 0 aliphatic carbocycles. The predicted molar refractivity (Wildman–Crippen MR) is 106 cm³/mol. The van der Waals surface area contributed by atoms with Crippen molar-refractivity contribution in [1.29, 1.82) is 5.26 Å². The minimum atomic E-state index is -0.543. The summed E-state index contributed by atoms with van der Waals surface area (Å²) >= 11 is 0. The molecule has 0 unspecified atom stereocenters. The molecule has 2 aromatic rings. The van der Waals surface area contributed by atoms with Crippen LogP contribution in [0.1, 0.15) is 22.4 Å². The number of hydrazone groups is 1. The normalized spacial score (nSPS) is 10.6. The van der Waals surface area contributed by atoms with E-state index in [9.17, 15) is 14.9 Å². The Bertz CT molecular complexity index is 1020. The standard InChI is InChI=1S/C20H22N4O5/c1-13-7-15(12-27-2)16(9-21)20(26)24(13)11-19(25)23-22-10-14-5-6-17(28-3)18(8-14)29-4/h5-8,10H,11-12H2,1-4H3,(H,23,25). The molecule has 152 valence electrons. The van der Waals surface area contributed by atoms with Gasteiger partial charge in [-0.1, -0.05) is 0 Å². The second-order valence-electron chi connectivity index (χ2n) is 6.03. The molecule has 0 atom stereocenters. The number of nitrogens with one attached hydrogen (secondary N) is 1. The third kappa shape index (κ3) is 5.21. The monoisotopic (exact) mass is 398 g/mol. The molecule has 1 N–H and O–H groups in total. The van der Waals surface area contributed by atoms with Crippen LogP contribution in [0.3, 0.4) is 0 Å². The van der Waals surface area contributed by atoms with Crippen molar-refractivity contribution < 1.29 is 19.0 Å². The number of aromatic nitrogens is 1. The average Bonchev–Trinajstić information content (AvgIpc) is 2.71. The van der Waals surface area contributed by atoms with Crippen molar-refractivity contribution >= 4 is 12.1 Å². The van der Waals surface area contributed by atoms with E-state index in [1.807, 2.05) is 6.07 Å². The van der Waals surface area contributed by atoms with Gasteiger partial charge >= 0.3 is 0 Å². The number of carbonyl (C=O) groups is 1. The van der Waals surface area contributed by atoms with Crippen LogP contribution in [0.25, 0.3) is 0 Å². The van der Waals surface area contributed by atoms with E-state index in [0.29, 0.717) is 28.3 Å². The number of benzene rings is 1. The Balaban J connectivity index is 2.13. The molecule has 0 spiro atoms. The minimum absolute atomic E-state index is 0.0425. The van der Waals surface area contributed by atoms with Crippen LogP contribution >= 0.6 is 0 Å². The van der Waals surface area contributed by atoms with E-state index in [4.69, 9.17) is 14.2 Å². The van der Waals surface area contributed by atoms with Crippen molar-refractivity contribution in [2.45, 2.75) is 20.1 Å². The third-order valence-electron chi connectivity index (χ3n) is 4.11. The molecule has 0 aliphatic heterocycles. The summed E-state index contributed by atoms with van der Waals surface area (Å²) < 4.78 is 16.6. The molecular formula is C20H22N4O5. The maximum Gasteiger partial charge on any atom is 0.269 e. The Morgan fingerprint density at radius 3 is 2.59 bits per heavy atom. The molecule has 0 saturated carbocycles. The van der Waals surface area contributed by atoms with Gasteiger partial charge in [-0.3, -0.25) is 9.59 Å². The van der Waals surface area contributed by atoms with Crippen LogP contribution < -0.4 is 20.5 Å². The molecular weight excluding hydrogens is 376 g/mol. The van der Waals surface area contributed by atoms with E-state index in [0.717, 1.165) is 0 Å². The van der Waals surface area contributed by atoms with Gasteiger partial charge in [0.05, 0.1) is 27.0 Å². The number of pyridine rings is 1. The Labute approximate surface area is 168 Å². The number of nitriles is 1. The quantitative estimate of drug-likeness (QED) is 0.530. The molecule has 1 amide bonds. The van der Waals surface area contributed by atoms with Crippen molar-refractivity contribution in [2.24, 2.45) is 5.10 Å². The molecule has 0 saturated heterocycles. The third-order valence-corrected chi connectivity index (χ3v) is 4.11. The zero-order valence-electron chi connectivity index (χ0n) is 16.7. The number of aryl methyl sites for hydroxylation is 1. The van der Waals surface area contributed by atoms with Gasteiger partial charge in [-0.15, -0.1) is 0 Å². The van der Waals surface area contributed by atoms with Gasteiger partial charge in [0.15, 0.2) is 11.5 Å². The summed E-state index contributed by atoms with van der Waals surface area (Å²) in [5.74, 6) is 0.606. The first-order valence-corrected chi connectivity index (χ1v) is 8.61. The lowest BCUT2D eigenvalue weighted by Crippen LogP contribution is -2.33. The summed E-state index contributed by atoms with van der Waals surface area (Å²) in [6, 6.07) is 8.71. The second kappa shape index (κ2) is 10.1. The number of nitrogens with zero attached hydrogens (tertiary/aromatic N) is 3. The Kier molecular flexibility index (Phi) is 7.51. The van der Waals surface area contributed by atoms with Crippen LogP contribution in [0.5, 0.6) is 11.5 Å². The molecule has 9 heteroatoms. The van der Waals surface area contributed by atoms with Gasteiger partial charge < -0.3 is 18.8 Å². The fourth-order valence-electron chi connectivity index (χ4n) is 2.71. The van der Waals surface area contributed by atoms with Crippen molar-refractivity contribution in [3.05, 3.63) is 57.0 Å².